The van der Waals surface area contributed by atoms with Gasteiger partial charge in [-0.2, -0.15) is 0 Å². The lowest BCUT2D eigenvalue weighted by atomic mass is 9.86. The quantitative estimate of drug-likeness (QED) is 0.819. The second kappa shape index (κ2) is 6.72. The maximum absolute atomic E-state index is 12.0. The third-order valence-electron chi connectivity index (χ3n) is 4.72. The van der Waals surface area contributed by atoms with Crippen LogP contribution in [0.3, 0.4) is 0 Å². The molecular formula is C16H26N2OS. The van der Waals surface area contributed by atoms with Gasteiger partial charge in [-0.15, -0.1) is 11.3 Å². The SMILES string of the molecule is CC(C)C1CCCC(NCc2cccs2)(C(N)=O)CC1. The summed E-state index contributed by atoms with van der Waals surface area (Å²) >= 11 is 1.72. The number of primary amides is 1. The Morgan fingerprint density at radius 3 is 2.90 bits per heavy atom. The summed E-state index contributed by atoms with van der Waals surface area (Å²) in [7, 11) is 0. The Morgan fingerprint density at radius 1 is 1.50 bits per heavy atom. The van der Waals surface area contributed by atoms with Gasteiger partial charge < -0.3 is 5.73 Å². The number of carbonyl (C=O) groups is 1. The van der Waals surface area contributed by atoms with Crippen molar-refractivity contribution in [3.05, 3.63) is 22.4 Å². The van der Waals surface area contributed by atoms with Gasteiger partial charge in [0.1, 0.15) is 0 Å². The lowest BCUT2D eigenvalue weighted by Gasteiger charge is -2.31. The zero-order valence-corrected chi connectivity index (χ0v) is 13.3. The van der Waals surface area contributed by atoms with Crippen molar-refractivity contribution in [1.29, 1.82) is 0 Å². The molecule has 0 bridgehead atoms. The van der Waals surface area contributed by atoms with Crippen LogP contribution in [0.15, 0.2) is 17.5 Å². The minimum Gasteiger partial charge on any atom is -0.368 e. The molecule has 3 N–H and O–H groups in total. The first-order valence-corrected chi connectivity index (χ1v) is 8.49. The van der Waals surface area contributed by atoms with Gasteiger partial charge >= 0.3 is 0 Å². The first-order valence-electron chi connectivity index (χ1n) is 7.61. The molecule has 3 nitrogen and oxygen atoms in total. The fourth-order valence-corrected chi connectivity index (χ4v) is 3.86. The van der Waals surface area contributed by atoms with Crippen LogP contribution in [-0.2, 0) is 11.3 Å². The zero-order valence-electron chi connectivity index (χ0n) is 12.5. The Hall–Kier alpha value is -0.870. The summed E-state index contributed by atoms with van der Waals surface area (Å²) in [4.78, 5) is 13.3. The van der Waals surface area contributed by atoms with E-state index in [4.69, 9.17) is 5.73 Å². The van der Waals surface area contributed by atoms with Crippen LogP contribution in [0.1, 0.15) is 50.8 Å². The minimum absolute atomic E-state index is 0.182. The van der Waals surface area contributed by atoms with Gasteiger partial charge in [0.2, 0.25) is 5.91 Å². The molecule has 1 amide bonds. The van der Waals surface area contributed by atoms with E-state index >= 15 is 0 Å². The Labute approximate surface area is 125 Å². The molecule has 2 unspecified atom stereocenters. The summed E-state index contributed by atoms with van der Waals surface area (Å²) in [6, 6.07) is 4.14. The van der Waals surface area contributed by atoms with Gasteiger partial charge in [0.15, 0.2) is 0 Å². The highest BCUT2D eigenvalue weighted by Crippen LogP contribution is 2.34. The average Bonchev–Trinajstić information content (AvgIpc) is 2.81. The van der Waals surface area contributed by atoms with Crippen molar-refractivity contribution < 1.29 is 4.79 Å². The summed E-state index contributed by atoms with van der Waals surface area (Å²) in [6.07, 6.45) is 5.14. The third-order valence-corrected chi connectivity index (χ3v) is 5.59. The summed E-state index contributed by atoms with van der Waals surface area (Å²) in [6.45, 7) is 5.30. The van der Waals surface area contributed by atoms with Crippen LogP contribution < -0.4 is 11.1 Å². The molecule has 0 aliphatic heterocycles. The monoisotopic (exact) mass is 294 g/mol. The molecule has 0 radical (unpaired) electrons. The van der Waals surface area contributed by atoms with Crippen molar-refractivity contribution in [3.8, 4) is 0 Å². The van der Waals surface area contributed by atoms with Crippen LogP contribution in [-0.4, -0.2) is 11.4 Å². The van der Waals surface area contributed by atoms with Gasteiger partial charge in [-0.25, -0.2) is 0 Å². The molecule has 2 rings (SSSR count). The molecule has 1 saturated carbocycles. The smallest absolute Gasteiger partial charge is 0.237 e. The first-order chi connectivity index (χ1) is 9.53. The fourth-order valence-electron chi connectivity index (χ4n) is 3.21. The average molecular weight is 294 g/mol. The molecule has 0 saturated heterocycles. The molecule has 1 aromatic rings. The number of hydrogen-bond donors (Lipinski definition) is 2. The van der Waals surface area contributed by atoms with E-state index in [1.807, 2.05) is 6.07 Å². The summed E-state index contributed by atoms with van der Waals surface area (Å²) in [5.74, 6) is 1.23. The normalized spacial score (nSPS) is 27.4. The molecule has 1 aliphatic rings. The topological polar surface area (TPSA) is 55.1 Å². The van der Waals surface area contributed by atoms with E-state index in [0.29, 0.717) is 5.92 Å². The van der Waals surface area contributed by atoms with E-state index in [1.54, 1.807) is 11.3 Å². The van der Waals surface area contributed by atoms with Crippen LogP contribution in [0.5, 0.6) is 0 Å². The number of thiophene rings is 1. The Morgan fingerprint density at radius 2 is 2.30 bits per heavy atom. The van der Waals surface area contributed by atoms with Crippen LogP contribution >= 0.6 is 11.3 Å². The molecule has 0 aromatic carbocycles. The van der Waals surface area contributed by atoms with E-state index < -0.39 is 5.54 Å². The predicted octanol–water partition coefficient (Wildman–Crippen LogP) is 3.30. The van der Waals surface area contributed by atoms with E-state index in [2.05, 4.69) is 30.6 Å². The minimum atomic E-state index is -0.506. The lowest BCUT2D eigenvalue weighted by Crippen LogP contribution is -2.54. The van der Waals surface area contributed by atoms with Crippen molar-refractivity contribution in [2.75, 3.05) is 0 Å². The Kier molecular flexibility index (Phi) is 5.22. The second-order valence-electron chi connectivity index (χ2n) is 6.31. The number of nitrogens with one attached hydrogen (secondary N) is 1. The standard InChI is InChI=1S/C16H26N2OS/c1-12(2)13-5-3-8-16(9-7-13,15(17)19)18-11-14-6-4-10-20-14/h4,6,10,12-13,18H,3,5,7-9,11H2,1-2H3,(H2,17,19). The highest BCUT2D eigenvalue weighted by Gasteiger charge is 2.38. The fraction of sp³-hybridized carbons (Fsp3) is 0.688. The van der Waals surface area contributed by atoms with Crippen molar-refractivity contribution >= 4 is 17.2 Å². The first kappa shape index (κ1) is 15.5. The lowest BCUT2D eigenvalue weighted by molar-refractivity contribution is -0.125. The van der Waals surface area contributed by atoms with Gasteiger partial charge in [0.25, 0.3) is 0 Å². The summed E-state index contributed by atoms with van der Waals surface area (Å²) < 4.78 is 0. The maximum atomic E-state index is 12.0. The van der Waals surface area contributed by atoms with Crippen LogP contribution in [0.4, 0.5) is 0 Å². The Balaban J connectivity index is 2.03. The van der Waals surface area contributed by atoms with Gasteiger partial charge in [-0.05, 0) is 42.5 Å². The molecular weight excluding hydrogens is 268 g/mol. The molecule has 2 atom stereocenters. The number of nitrogens with two attached hydrogens (primary N) is 1. The van der Waals surface area contributed by atoms with Gasteiger partial charge in [-0.3, -0.25) is 10.1 Å². The van der Waals surface area contributed by atoms with Crippen molar-refractivity contribution in [1.82, 2.24) is 5.32 Å². The van der Waals surface area contributed by atoms with Crippen LogP contribution in [0.2, 0.25) is 0 Å². The summed E-state index contributed by atoms with van der Waals surface area (Å²) in [5.41, 5.74) is 5.23. The van der Waals surface area contributed by atoms with Crippen molar-refractivity contribution in [3.63, 3.8) is 0 Å². The summed E-state index contributed by atoms with van der Waals surface area (Å²) in [5, 5.41) is 5.54. The number of hydrogen-bond acceptors (Lipinski definition) is 3. The van der Waals surface area contributed by atoms with Crippen molar-refractivity contribution in [2.24, 2.45) is 17.6 Å². The second-order valence-corrected chi connectivity index (χ2v) is 7.35. The largest absolute Gasteiger partial charge is 0.368 e. The molecule has 4 heteroatoms. The number of rotatable bonds is 5. The molecule has 112 valence electrons. The van der Waals surface area contributed by atoms with Crippen LogP contribution in [0.25, 0.3) is 0 Å². The van der Waals surface area contributed by atoms with Crippen LogP contribution in [0, 0.1) is 11.8 Å². The van der Waals surface area contributed by atoms with Crippen molar-refractivity contribution in [2.45, 2.75) is 58.0 Å². The van der Waals surface area contributed by atoms with E-state index in [0.717, 1.165) is 38.1 Å². The van der Waals surface area contributed by atoms with E-state index in [9.17, 15) is 4.79 Å². The third kappa shape index (κ3) is 3.61. The number of carbonyl (C=O) groups excluding carboxylic acids is 1. The van der Waals surface area contributed by atoms with E-state index in [1.165, 1.54) is 11.3 Å². The van der Waals surface area contributed by atoms with Gasteiger partial charge in [0.05, 0.1) is 5.54 Å². The van der Waals surface area contributed by atoms with Gasteiger partial charge in [0, 0.05) is 11.4 Å². The highest BCUT2D eigenvalue weighted by molar-refractivity contribution is 7.09. The Bertz CT molecular complexity index is 430. The highest BCUT2D eigenvalue weighted by atomic mass is 32.1. The molecule has 1 aromatic heterocycles. The molecule has 20 heavy (non-hydrogen) atoms. The van der Waals surface area contributed by atoms with E-state index in [-0.39, 0.29) is 5.91 Å². The van der Waals surface area contributed by atoms with Gasteiger partial charge in [-0.1, -0.05) is 32.8 Å². The zero-order chi connectivity index (χ0) is 14.6. The molecule has 1 aliphatic carbocycles. The maximum Gasteiger partial charge on any atom is 0.237 e. The molecule has 1 fully saturated rings. The number of amides is 1. The molecule has 0 spiro atoms. The predicted molar refractivity (Wildman–Crippen MR) is 84.5 cm³/mol. The molecule has 1 heterocycles.